The molecule has 0 heterocycles. The number of sulfonamides is 1. The van der Waals surface area contributed by atoms with Gasteiger partial charge in [-0.1, -0.05) is 37.3 Å². The Morgan fingerprint density at radius 1 is 1.32 bits per heavy atom. The van der Waals surface area contributed by atoms with Crippen LogP contribution in [-0.2, 0) is 10.0 Å². The summed E-state index contributed by atoms with van der Waals surface area (Å²) < 4.78 is 27.2. The van der Waals surface area contributed by atoms with Crippen LogP contribution in [0.2, 0.25) is 0 Å². The third kappa shape index (κ3) is 3.71. The molecular weight excluding hydrogens is 282 g/mol. The van der Waals surface area contributed by atoms with Crippen LogP contribution < -0.4 is 4.72 Å². The lowest BCUT2D eigenvalue weighted by Gasteiger charge is -2.40. The summed E-state index contributed by atoms with van der Waals surface area (Å²) in [6, 6.07) is 9.71. The first-order valence-corrected chi connectivity index (χ1v) is 8.78. The number of nitrogens with one attached hydrogen (secondary N) is 1. The fourth-order valence-corrected chi connectivity index (χ4v) is 4.73. The third-order valence-electron chi connectivity index (χ3n) is 3.78. The van der Waals surface area contributed by atoms with Crippen molar-refractivity contribution in [2.75, 3.05) is 11.6 Å². The second kappa shape index (κ2) is 5.81. The standard InChI is InChI=1S/C14H20ClNO2S/c1-12(13-6-3-2-4-7-13)10-19(17,18)16-14(11-15)8-5-9-14/h2-4,6-7,12,16H,5,8-11H2,1H3. The fraction of sp³-hybridized carbons (Fsp3) is 0.571. The van der Waals surface area contributed by atoms with Crippen LogP contribution in [0.15, 0.2) is 30.3 Å². The molecule has 1 aliphatic rings. The molecular formula is C14H20ClNO2S. The first-order valence-electron chi connectivity index (χ1n) is 6.59. The number of alkyl halides is 1. The molecule has 1 unspecified atom stereocenters. The van der Waals surface area contributed by atoms with Crippen LogP contribution in [0, 0.1) is 0 Å². The zero-order valence-corrected chi connectivity index (χ0v) is 12.7. The summed E-state index contributed by atoms with van der Waals surface area (Å²) >= 11 is 5.89. The number of hydrogen-bond donors (Lipinski definition) is 1. The van der Waals surface area contributed by atoms with Crippen LogP contribution in [0.4, 0.5) is 0 Å². The van der Waals surface area contributed by atoms with Gasteiger partial charge in [0.2, 0.25) is 10.0 Å². The summed E-state index contributed by atoms with van der Waals surface area (Å²) in [5.41, 5.74) is 0.651. The largest absolute Gasteiger partial charge is 0.212 e. The molecule has 1 aromatic rings. The van der Waals surface area contributed by atoms with Gasteiger partial charge in [-0.15, -0.1) is 11.6 Å². The Balaban J connectivity index is 2.01. The Morgan fingerprint density at radius 2 is 1.95 bits per heavy atom. The summed E-state index contributed by atoms with van der Waals surface area (Å²) in [4.78, 5) is 0. The van der Waals surface area contributed by atoms with Crippen molar-refractivity contribution >= 4 is 21.6 Å². The molecule has 5 heteroatoms. The van der Waals surface area contributed by atoms with Crippen molar-refractivity contribution in [3.8, 4) is 0 Å². The van der Waals surface area contributed by atoms with E-state index < -0.39 is 15.6 Å². The number of hydrogen-bond acceptors (Lipinski definition) is 2. The molecule has 0 aromatic heterocycles. The Kier molecular flexibility index (Phi) is 4.54. The van der Waals surface area contributed by atoms with Gasteiger partial charge in [0, 0.05) is 11.4 Å². The highest BCUT2D eigenvalue weighted by Gasteiger charge is 2.39. The highest BCUT2D eigenvalue weighted by atomic mass is 35.5. The van der Waals surface area contributed by atoms with Gasteiger partial charge in [-0.25, -0.2) is 13.1 Å². The van der Waals surface area contributed by atoms with Gasteiger partial charge >= 0.3 is 0 Å². The van der Waals surface area contributed by atoms with E-state index in [1.165, 1.54) is 0 Å². The van der Waals surface area contributed by atoms with Crippen LogP contribution in [0.25, 0.3) is 0 Å². The van der Waals surface area contributed by atoms with E-state index in [9.17, 15) is 8.42 Å². The van der Waals surface area contributed by atoms with Crippen molar-refractivity contribution in [1.29, 1.82) is 0 Å². The summed E-state index contributed by atoms with van der Waals surface area (Å²) in [6.07, 6.45) is 2.73. The van der Waals surface area contributed by atoms with Gasteiger partial charge in [-0.3, -0.25) is 0 Å². The normalized spacial score (nSPS) is 19.7. The fourth-order valence-electron chi connectivity index (χ4n) is 2.44. The molecule has 0 spiro atoms. The van der Waals surface area contributed by atoms with Gasteiger partial charge in [0.1, 0.15) is 0 Å². The SMILES string of the molecule is CC(CS(=O)(=O)NC1(CCl)CCC1)c1ccccc1. The quantitative estimate of drug-likeness (QED) is 0.821. The first-order chi connectivity index (χ1) is 8.96. The Bertz CT molecular complexity index is 506. The molecule has 1 fully saturated rings. The lowest BCUT2D eigenvalue weighted by atomic mass is 9.79. The van der Waals surface area contributed by atoms with Gasteiger partial charge in [-0.05, 0) is 30.7 Å². The maximum Gasteiger partial charge on any atom is 0.212 e. The molecule has 0 radical (unpaired) electrons. The monoisotopic (exact) mass is 301 g/mol. The molecule has 0 aliphatic heterocycles. The van der Waals surface area contributed by atoms with Gasteiger partial charge < -0.3 is 0 Å². The van der Waals surface area contributed by atoms with Crippen LogP contribution in [0.5, 0.6) is 0 Å². The molecule has 0 amide bonds. The third-order valence-corrected chi connectivity index (χ3v) is 5.97. The summed E-state index contributed by atoms with van der Waals surface area (Å²) in [6.45, 7) is 1.93. The van der Waals surface area contributed by atoms with E-state index in [2.05, 4.69) is 4.72 Å². The first kappa shape index (κ1) is 14.8. The molecule has 1 atom stereocenters. The average molecular weight is 302 g/mol. The smallest absolute Gasteiger partial charge is 0.212 e. The number of benzene rings is 1. The zero-order chi connectivity index (χ0) is 13.9. The van der Waals surface area contributed by atoms with Crippen LogP contribution in [-0.4, -0.2) is 25.6 Å². The summed E-state index contributed by atoms with van der Waals surface area (Å²) in [5, 5.41) is 0. The molecule has 2 rings (SSSR count). The molecule has 106 valence electrons. The van der Waals surface area contributed by atoms with Crippen LogP contribution in [0.3, 0.4) is 0 Å². The molecule has 0 saturated heterocycles. The minimum atomic E-state index is -3.29. The topological polar surface area (TPSA) is 46.2 Å². The lowest BCUT2D eigenvalue weighted by Crippen LogP contribution is -2.55. The minimum absolute atomic E-state index is 0.0221. The van der Waals surface area contributed by atoms with E-state index in [1.54, 1.807) is 0 Å². The predicted octanol–water partition coefficient (Wildman–Crippen LogP) is 2.87. The van der Waals surface area contributed by atoms with E-state index in [1.807, 2.05) is 37.3 Å². The van der Waals surface area contributed by atoms with Gasteiger partial charge in [-0.2, -0.15) is 0 Å². The van der Waals surface area contributed by atoms with Crippen molar-refractivity contribution in [2.45, 2.75) is 37.6 Å². The van der Waals surface area contributed by atoms with Gasteiger partial charge in [0.15, 0.2) is 0 Å². The second-order valence-corrected chi connectivity index (χ2v) is 7.50. The van der Waals surface area contributed by atoms with E-state index in [0.29, 0.717) is 5.88 Å². The molecule has 1 aromatic carbocycles. The highest BCUT2D eigenvalue weighted by molar-refractivity contribution is 7.89. The average Bonchev–Trinajstić information content (AvgIpc) is 2.34. The van der Waals surface area contributed by atoms with E-state index in [0.717, 1.165) is 24.8 Å². The second-order valence-electron chi connectivity index (χ2n) is 5.46. The Morgan fingerprint density at radius 3 is 2.42 bits per heavy atom. The lowest BCUT2D eigenvalue weighted by molar-refractivity contribution is 0.252. The summed E-state index contributed by atoms with van der Waals surface area (Å²) in [5.74, 6) is 0.438. The molecule has 3 nitrogen and oxygen atoms in total. The number of halogens is 1. The van der Waals surface area contributed by atoms with Crippen LogP contribution >= 0.6 is 11.6 Å². The van der Waals surface area contributed by atoms with E-state index in [-0.39, 0.29) is 11.7 Å². The van der Waals surface area contributed by atoms with Crippen LogP contribution in [0.1, 0.15) is 37.7 Å². The van der Waals surface area contributed by atoms with E-state index >= 15 is 0 Å². The van der Waals surface area contributed by atoms with Crippen molar-refractivity contribution in [3.63, 3.8) is 0 Å². The number of rotatable bonds is 6. The predicted molar refractivity (Wildman–Crippen MR) is 79.1 cm³/mol. The van der Waals surface area contributed by atoms with Crippen molar-refractivity contribution in [3.05, 3.63) is 35.9 Å². The maximum atomic E-state index is 12.2. The Hall–Kier alpha value is -0.580. The van der Waals surface area contributed by atoms with E-state index in [4.69, 9.17) is 11.6 Å². The maximum absolute atomic E-state index is 12.2. The summed E-state index contributed by atoms with van der Waals surface area (Å²) in [7, 11) is -3.29. The minimum Gasteiger partial charge on any atom is -0.212 e. The molecule has 0 bridgehead atoms. The Labute approximate surface area is 120 Å². The molecule has 19 heavy (non-hydrogen) atoms. The van der Waals surface area contributed by atoms with Gasteiger partial charge in [0.25, 0.3) is 0 Å². The highest BCUT2D eigenvalue weighted by Crippen LogP contribution is 2.34. The van der Waals surface area contributed by atoms with Crippen molar-refractivity contribution in [1.82, 2.24) is 4.72 Å². The molecule has 1 saturated carbocycles. The zero-order valence-electron chi connectivity index (χ0n) is 11.1. The van der Waals surface area contributed by atoms with Gasteiger partial charge in [0.05, 0.1) is 5.75 Å². The molecule has 1 aliphatic carbocycles. The van der Waals surface area contributed by atoms with Crippen molar-refractivity contribution < 1.29 is 8.42 Å². The van der Waals surface area contributed by atoms with Crippen molar-refractivity contribution in [2.24, 2.45) is 0 Å². The molecule has 1 N–H and O–H groups in total.